The van der Waals surface area contributed by atoms with E-state index in [1.54, 1.807) is 6.26 Å². The van der Waals surface area contributed by atoms with Gasteiger partial charge in [-0.05, 0) is 74.8 Å². The van der Waals surface area contributed by atoms with Gasteiger partial charge in [0.25, 0.3) is 0 Å². The highest BCUT2D eigenvalue weighted by Gasteiger charge is 2.41. The SMILES string of the molecule is c1ccc(CCCN2CCCC3(CCN(Cc4ccco4)C3)C2)cc1. The molecule has 3 heterocycles. The van der Waals surface area contributed by atoms with Gasteiger partial charge in [-0.15, -0.1) is 0 Å². The number of hydrogen-bond acceptors (Lipinski definition) is 3. The minimum Gasteiger partial charge on any atom is -0.468 e. The summed E-state index contributed by atoms with van der Waals surface area (Å²) in [6.45, 7) is 7.25. The van der Waals surface area contributed by atoms with Gasteiger partial charge >= 0.3 is 0 Å². The predicted octanol–water partition coefficient (Wildman–Crippen LogP) is 4.20. The molecule has 3 heteroatoms. The van der Waals surface area contributed by atoms with Crippen LogP contribution in [0.3, 0.4) is 0 Å². The van der Waals surface area contributed by atoms with Crippen LogP contribution in [0.2, 0.25) is 0 Å². The Hall–Kier alpha value is -1.58. The normalized spacial score (nSPS) is 25.0. The van der Waals surface area contributed by atoms with E-state index in [0.29, 0.717) is 5.41 Å². The molecule has 1 atom stereocenters. The topological polar surface area (TPSA) is 19.6 Å². The van der Waals surface area contributed by atoms with E-state index < -0.39 is 0 Å². The second-order valence-corrected chi connectivity index (χ2v) is 8.01. The first-order chi connectivity index (χ1) is 12.3. The van der Waals surface area contributed by atoms with Crippen molar-refractivity contribution in [2.75, 3.05) is 32.7 Å². The molecule has 0 bridgehead atoms. The molecular weight excluding hydrogens is 308 g/mol. The van der Waals surface area contributed by atoms with E-state index in [1.807, 2.05) is 6.07 Å². The van der Waals surface area contributed by atoms with Crippen LogP contribution in [-0.4, -0.2) is 42.5 Å². The van der Waals surface area contributed by atoms with Crippen molar-refractivity contribution in [1.82, 2.24) is 9.80 Å². The Balaban J connectivity index is 1.26. The Morgan fingerprint density at radius 1 is 0.920 bits per heavy atom. The molecule has 1 unspecified atom stereocenters. The number of hydrogen-bond donors (Lipinski definition) is 0. The largest absolute Gasteiger partial charge is 0.468 e. The molecule has 1 spiro atoms. The molecule has 1 aromatic heterocycles. The van der Waals surface area contributed by atoms with Gasteiger partial charge in [0, 0.05) is 13.1 Å². The van der Waals surface area contributed by atoms with Crippen molar-refractivity contribution in [1.29, 1.82) is 0 Å². The summed E-state index contributed by atoms with van der Waals surface area (Å²) in [5, 5.41) is 0. The van der Waals surface area contributed by atoms with Crippen molar-refractivity contribution in [3.8, 4) is 0 Å². The Morgan fingerprint density at radius 2 is 1.80 bits per heavy atom. The van der Waals surface area contributed by atoms with Gasteiger partial charge in [-0.2, -0.15) is 0 Å². The summed E-state index contributed by atoms with van der Waals surface area (Å²) in [6.07, 6.45) is 8.38. The van der Waals surface area contributed by atoms with Crippen LogP contribution >= 0.6 is 0 Å². The molecule has 3 nitrogen and oxygen atoms in total. The molecule has 25 heavy (non-hydrogen) atoms. The van der Waals surface area contributed by atoms with Crippen LogP contribution in [0.15, 0.2) is 53.1 Å². The Morgan fingerprint density at radius 3 is 2.64 bits per heavy atom. The molecule has 0 saturated carbocycles. The van der Waals surface area contributed by atoms with Crippen molar-refractivity contribution in [3.63, 3.8) is 0 Å². The Kier molecular flexibility index (Phi) is 5.23. The van der Waals surface area contributed by atoms with Gasteiger partial charge in [0.2, 0.25) is 0 Å². The van der Waals surface area contributed by atoms with Crippen LogP contribution in [0.1, 0.15) is 37.0 Å². The van der Waals surface area contributed by atoms with Gasteiger partial charge in [-0.3, -0.25) is 4.90 Å². The van der Waals surface area contributed by atoms with Gasteiger partial charge in [-0.25, -0.2) is 0 Å². The maximum Gasteiger partial charge on any atom is 0.117 e. The van der Waals surface area contributed by atoms with Crippen molar-refractivity contribution in [2.45, 2.75) is 38.6 Å². The molecule has 2 saturated heterocycles. The Labute approximate surface area is 151 Å². The zero-order valence-corrected chi connectivity index (χ0v) is 15.2. The van der Waals surface area contributed by atoms with Crippen LogP contribution < -0.4 is 0 Å². The lowest BCUT2D eigenvalue weighted by Gasteiger charge is -2.40. The molecule has 0 aliphatic carbocycles. The lowest BCUT2D eigenvalue weighted by molar-refractivity contribution is 0.0902. The molecule has 1 aromatic carbocycles. The summed E-state index contributed by atoms with van der Waals surface area (Å²) in [5.41, 5.74) is 2.00. The third-order valence-corrected chi connectivity index (χ3v) is 6.00. The second kappa shape index (κ2) is 7.76. The first-order valence-corrected chi connectivity index (χ1v) is 9.82. The summed E-state index contributed by atoms with van der Waals surface area (Å²) in [7, 11) is 0. The molecule has 0 radical (unpaired) electrons. The molecule has 2 aliphatic heterocycles. The van der Waals surface area contributed by atoms with E-state index in [1.165, 1.54) is 70.4 Å². The minimum absolute atomic E-state index is 0.525. The fourth-order valence-electron chi connectivity index (χ4n) is 4.77. The Bertz CT molecular complexity index is 639. The molecule has 2 aliphatic rings. The highest BCUT2D eigenvalue weighted by molar-refractivity contribution is 5.14. The summed E-state index contributed by atoms with van der Waals surface area (Å²) < 4.78 is 5.54. The van der Waals surface area contributed by atoms with Crippen molar-refractivity contribution >= 4 is 0 Å². The fourth-order valence-corrected chi connectivity index (χ4v) is 4.77. The number of piperidine rings is 1. The van der Waals surface area contributed by atoms with Crippen LogP contribution in [0.5, 0.6) is 0 Å². The smallest absolute Gasteiger partial charge is 0.117 e. The van der Waals surface area contributed by atoms with Gasteiger partial charge in [0.1, 0.15) is 5.76 Å². The summed E-state index contributed by atoms with van der Waals surface area (Å²) in [4.78, 5) is 5.31. The van der Waals surface area contributed by atoms with Crippen LogP contribution in [-0.2, 0) is 13.0 Å². The molecule has 0 N–H and O–H groups in total. The van der Waals surface area contributed by atoms with Gasteiger partial charge in [0.05, 0.1) is 12.8 Å². The average molecular weight is 338 g/mol. The maximum absolute atomic E-state index is 5.54. The molecule has 4 rings (SSSR count). The number of furan rings is 1. The van der Waals surface area contributed by atoms with Crippen molar-refractivity contribution in [2.24, 2.45) is 5.41 Å². The molecule has 134 valence electrons. The van der Waals surface area contributed by atoms with Crippen molar-refractivity contribution in [3.05, 3.63) is 60.1 Å². The van der Waals surface area contributed by atoms with Crippen LogP contribution in [0.25, 0.3) is 0 Å². The van der Waals surface area contributed by atoms with Crippen molar-refractivity contribution < 1.29 is 4.42 Å². The maximum atomic E-state index is 5.54. The summed E-state index contributed by atoms with van der Waals surface area (Å²) in [6, 6.07) is 15.0. The third kappa shape index (κ3) is 4.34. The predicted molar refractivity (Wildman–Crippen MR) is 101 cm³/mol. The second-order valence-electron chi connectivity index (χ2n) is 8.01. The zero-order chi connectivity index (χ0) is 17.0. The minimum atomic E-state index is 0.525. The fraction of sp³-hybridized carbons (Fsp3) is 0.545. The molecule has 0 amide bonds. The quantitative estimate of drug-likeness (QED) is 0.787. The van der Waals surface area contributed by atoms with E-state index in [-0.39, 0.29) is 0 Å². The van der Waals surface area contributed by atoms with Crippen LogP contribution in [0, 0.1) is 5.41 Å². The van der Waals surface area contributed by atoms with E-state index in [2.05, 4.69) is 46.2 Å². The van der Waals surface area contributed by atoms with E-state index in [4.69, 9.17) is 4.42 Å². The van der Waals surface area contributed by atoms with Gasteiger partial charge < -0.3 is 9.32 Å². The standard InChI is InChI=1S/C22H30N2O/c1-2-7-20(8-3-1)9-4-13-23-14-6-11-22(18-23)12-15-24(19-22)17-21-10-5-16-25-21/h1-3,5,7-8,10,16H,4,6,9,11-15,17-19H2. The first-order valence-electron chi connectivity index (χ1n) is 9.82. The van der Waals surface area contributed by atoms with Crippen LogP contribution in [0.4, 0.5) is 0 Å². The molecule has 2 fully saturated rings. The number of aryl methyl sites for hydroxylation is 1. The highest BCUT2D eigenvalue weighted by atomic mass is 16.3. The average Bonchev–Trinajstić information content (AvgIpc) is 3.27. The first kappa shape index (κ1) is 16.9. The van der Waals surface area contributed by atoms with E-state index in [0.717, 1.165) is 12.3 Å². The number of likely N-dealkylation sites (tertiary alicyclic amines) is 2. The molecule has 2 aromatic rings. The molecular formula is C22H30N2O. The lowest BCUT2D eigenvalue weighted by Crippen LogP contribution is -2.45. The number of nitrogens with zero attached hydrogens (tertiary/aromatic N) is 2. The lowest BCUT2D eigenvalue weighted by atomic mass is 9.79. The summed E-state index contributed by atoms with van der Waals surface area (Å²) in [5.74, 6) is 1.10. The third-order valence-electron chi connectivity index (χ3n) is 6.00. The zero-order valence-electron chi connectivity index (χ0n) is 15.2. The monoisotopic (exact) mass is 338 g/mol. The van der Waals surface area contributed by atoms with E-state index in [9.17, 15) is 0 Å². The summed E-state index contributed by atoms with van der Waals surface area (Å²) >= 11 is 0. The highest BCUT2D eigenvalue weighted by Crippen LogP contribution is 2.39. The van der Waals surface area contributed by atoms with Gasteiger partial charge in [-0.1, -0.05) is 30.3 Å². The van der Waals surface area contributed by atoms with Gasteiger partial charge in [0.15, 0.2) is 0 Å². The number of benzene rings is 1. The van der Waals surface area contributed by atoms with E-state index >= 15 is 0 Å². The number of rotatable bonds is 6.